The van der Waals surface area contributed by atoms with Crippen molar-refractivity contribution in [2.45, 2.75) is 43.0 Å². The summed E-state index contributed by atoms with van der Waals surface area (Å²) in [5, 5.41) is 12.8. The van der Waals surface area contributed by atoms with E-state index in [0.717, 1.165) is 43.1 Å². The fraction of sp³-hybridized carbons (Fsp3) is 0.412. The molecule has 0 spiro atoms. The summed E-state index contributed by atoms with van der Waals surface area (Å²) in [5.74, 6) is 0.311. The van der Waals surface area contributed by atoms with E-state index in [9.17, 15) is 23.3 Å². The van der Waals surface area contributed by atoms with E-state index in [0.29, 0.717) is 24.9 Å². The highest BCUT2D eigenvalue weighted by molar-refractivity contribution is 7.93. The van der Waals surface area contributed by atoms with Gasteiger partial charge in [0.2, 0.25) is 5.88 Å². The SMILES string of the molecule is CCOc1ncccc1C1(NC(=O)N2CCC(C3CCN(C)CC3)CC2)C(=O)N(S(=O)(=O)c2ccccc2)c2ccc(C#N)cc21. The summed E-state index contributed by atoms with van der Waals surface area (Å²) < 4.78 is 34.9. The van der Waals surface area contributed by atoms with Crippen molar-refractivity contribution in [1.29, 1.82) is 5.26 Å². The molecule has 0 saturated carbocycles. The molecule has 1 unspecified atom stereocenters. The highest BCUT2D eigenvalue weighted by Gasteiger charge is 2.59. The van der Waals surface area contributed by atoms with Crippen LogP contribution < -0.4 is 14.4 Å². The molecule has 12 heteroatoms. The van der Waals surface area contributed by atoms with Crippen molar-refractivity contribution in [3.05, 3.63) is 83.6 Å². The van der Waals surface area contributed by atoms with Crippen LogP contribution >= 0.6 is 0 Å². The number of ether oxygens (including phenoxy) is 1. The summed E-state index contributed by atoms with van der Waals surface area (Å²) in [5.41, 5.74) is -1.48. The molecule has 0 radical (unpaired) electrons. The van der Waals surface area contributed by atoms with Crippen LogP contribution in [0, 0.1) is 23.2 Å². The fourth-order valence-corrected chi connectivity index (χ4v) is 8.57. The van der Waals surface area contributed by atoms with E-state index >= 15 is 0 Å². The predicted octanol–water partition coefficient (Wildman–Crippen LogP) is 4.09. The van der Waals surface area contributed by atoms with Crippen LogP contribution in [0.1, 0.15) is 49.3 Å². The van der Waals surface area contributed by atoms with Gasteiger partial charge in [0.15, 0.2) is 5.54 Å². The van der Waals surface area contributed by atoms with Gasteiger partial charge in [-0.25, -0.2) is 18.2 Å². The van der Waals surface area contributed by atoms with Gasteiger partial charge in [0.05, 0.1) is 34.4 Å². The number of carbonyl (C=O) groups is 2. The van der Waals surface area contributed by atoms with Crippen molar-refractivity contribution < 1.29 is 22.7 Å². The van der Waals surface area contributed by atoms with Crippen LogP contribution in [0.2, 0.25) is 0 Å². The molecule has 46 heavy (non-hydrogen) atoms. The second-order valence-electron chi connectivity index (χ2n) is 12.2. The number of aromatic nitrogens is 1. The number of amides is 3. The van der Waals surface area contributed by atoms with Crippen LogP contribution in [0.15, 0.2) is 71.8 Å². The van der Waals surface area contributed by atoms with Crippen molar-refractivity contribution in [1.82, 2.24) is 20.1 Å². The van der Waals surface area contributed by atoms with Crippen molar-refractivity contribution in [2.24, 2.45) is 11.8 Å². The lowest BCUT2D eigenvalue weighted by Gasteiger charge is -2.40. The predicted molar refractivity (Wildman–Crippen MR) is 172 cm³/mol. The van der Waals surface area contributed by atoms with Crippen molar-refractivity contribution in [2.75, 3.05) is 44.1 Å². The van der Waals surface area contributed by atoms with Gasteiger partial charge >= 0.3 is 6.03 Å². The average molecular weight is 643 g/mol. The smallest absolute Gasteiger partial charge is 0.318 e. The second kappa shape index (κ2) is 12.7. The van der Waals surface area contributed by atoms with E-state index in [1.54, 1.807) is 42.2 Å². The zero-order valence-electron chi connectivity index (χ0n) is 26.1. The molecular weight excluding hydrogens is 604 g/mol. The Balaban J connectivity index is 1.43. The molecule has 3 aliphatic rings. The number of anilines is 1. The summed E-state index contributed by atoms with van der Waals surface area (Å²) in [6.07, 6.45) is 5.50. The Labute approximate surface area is 269 Å². The molecule has 0 bridgehead atoms. The van der Waals surface area contributed by atoms with E-state index in [2.05, 4.69) is 28.3 Å². The maximum Gasteiger partial charge on any atom is 0.318 e. The Hall–Kier alpha value is -4.47. The summed E-state index contributed by atoms with van der Waals surface area (Å²) in [6, 6.07) is 16.8. The van der Waals surface area contributed by atoms with E-state index < -0.39 is 27.5 Å². The molecule has 1 N–H and O–H groups in total. The molecule has 3 amide bonds. The van der Waals surface area contributed by atoms with Crippen LogP contribution in [-0.4, -0.2) is 75.0 Å². The number of hydrogen-bond donors (Lipinski definition) is 1. The van der Waals surface area contributed by atoms with Gasteiger partial charge in [-0.2, -0.15) is 9.57 Å². The number of carbonyl (C=O) groups excluding carboxylic acids is 2. The van der Waals surface area contributed by atoms with Gasteiger partial charge in [-0.1, -0.05) is 18.2 Å². The molecule has 1 aromatic heterocycles. The van der Waals surface area contributed by atoms with Crippen LogP contribution in [0.3, 0.4) is 0 Å². The minimum Gasteiger partial charge on any atom is -0.478 e. The first-order valence-corrected chi connectivity index (χ1v) is 17.2. The standard InChI is InChI=1S/C34H38N6O5S/c1-3-45-31-28(10-7-17-36-31)34(37-33(42)39-20-15-26(16-21-39)25-13-18-38(2)19-14-25)29-22-24(23-35)11-12-30(29)40(32(34)41)46(43,44)27-8-5-4-6-9-27/h4-12,17,22,25-26H,3,13-16,18-21H2,1-2H3,(H,37,42). The number of sulfonamides is 1. The van der Waals surface area contributed by atoms with Crippen LogP contribution in [0.5, 0.6) is 5.88 Å². The summed E-state index contributed by atoms with van der Waals surface area (Å²) in [4.78, 5) is 37.5. The minimum absolute atomic E-state index is 0.0421. The Morgan fingerprint density at radius 3 is 2.33 bits per heavy atom. The number of hydrogen-bond acceptors (Lipinski definition) is 8. The number of rotatable bonds is 7. The molecule has 4 heterocycles. The minimum atomic E-state index is -4.44. The van der Waals surface area contributed by atoms with Crippen molar-refractivity contribution >= 4 is 27.6 Å². The molecule has 3 aliphatic heterocycles. The van der Waals surface area contributed by atoms with E-state index in [4.69, 9.17) is 4.74 Å². The normalized spacial score (nSPS) is 21.1. The Bertz CT molecular complexity index is 1760. The van der Waals surface area contributed by atoms with Crippen molar-refractivity contribution in [3.63, 3.8) is 0 Å². The van der Waals surface area contributed by atoms with E-state index in [1.807, 2.05) is 0 Å². The molecule has 2 aromatic carbocycles. The molecule has 3 aromatic rings. The highest BCUT2D eigenvalue weighted by atomic mass is 32.2. The molecule has 6 rings (SSSR count). The highest BCUT2D eigenvalue weighted by Crippen LogP contribution is 2.49. The monoisotopic (exact) mass is 642 g/mol. The molecule has 11 nitrogen and oxygen atoms in total. The van der Waals surface area contributed by atoms with Gasteiger partial charge in [0, 0.05) is 24.8 Å². The summed E-state index contributed by atoms with van der Waals surface area (Å²) in [6.45, 7) is 5.16. The first kappa shape index (κ1) is 31.5. The average Bonchev–Trinajstić information content (AvgIpc) is 3.33. The second-order valence-corrected chi connectivity index (χ2v) is 14.0. The number of piperidine rings is 2. The Morgan fingerprint density at radius 1 is 1.00 bits per heavy atom. The van der Waals surface area contributed by atoms with Gasteiger partial charge in [-0.3, -0.25) is 4.79 Å². The maximum absolute atomic E-state index is 14.9. The topological polar surface area (TPSA) is 136 Å². The molecular formula is C34H38N6O5S. The number of nitrogens with one attached hydrogen (secondary N) is 1. The molecule has 2 fully saturated rings. The Morgan fingerprint density at radius 2 is 1.67 bits per heavy atom. The first-order chi connectivity index (χ1) is 22.2. The maximum atomic E-state index is 14.9. The zero-order valence-corrected chi connectivity index (χ0v) is 26.9. The fourth-order valence-electron chi connectivity index (χ4n) is 7.09. The lowest BCUT2D eigenvalue weighted by molar-refractivity contribution is -0.121. The number of nitrogens with zero attached hydrogens (tertiary/aromatic N) is 5. The number of likely N-dealkylation sites (tertiary alicyclic amines) is 2. The lowest BCUT2D eigenvalue weighted by Crippen LogP contribution is -2.58. The third-order valence-electron chi connectivity index (χ3n) is 9.54. The largest absolute Gasteiger partial charge is 0.478 e. The molecule has 2 saturated heterocycles. The summed E-state index contributed by atoms with van der Waals surface area (Å²) in [7, 11) is -2.29. The molecule has 240 valence electrons. The van der Waals surface area contributed by atoms with E-state index in [1.165, 1.54) is 36.5 Å². The first-order valence-electron chi connectivity index (χ1n) is 15.7. The molecule has 1 atom stereocenters. The summed E-state index contributed by atoms with van der Waals surface area (Å²) >= 11 is 0. The van der Waals surface area contributed by atoms with Gasteiger partial charge in [-0.15, -0.1) is 0 Å². The van der Waals surface area contributed by atoms with Crippen LogP contribution in [0.25, 0.3) is 0 Å². The van der Waals surface area contributed by atoms with Gasteiger partial charge < -0.3 is 19.9 Å². The number of benzene rings is 2. The number of fused-ring (bicyclic) bond motifs is 1. The third-order valence-corrected chi connectivity index (χ3v) is 11.3. The van der Waals surface area contributed by atoms with Gasteiger partial charge in [-0.05, 0) is 107 Å². The quantitative estimate of drug-likeness (QED) is 0.407. The number of urea groups is 1. The third kappa shape index (κ3) is 5.48. The van der Waals surface area contributed by atoms with Crippen LogP contribution in [-0.2, 0) is 20.4 Å². The molecule has 0 aliphatic carbocycles. The lowest BCUT2D eigenvalue weighted by atomic mass is 9.79. The number of nitriles is 1. The van der Waals surface area contributed by atoms with Crippen LogP contribution in [0.4, 0.5) is 10.5 Å². The van der Waals surface area contributed by atoms with Crippen molar-refractivity contribution in [3.8, 4) is 11.9 Å². The Kier molecular flexibility index (Phi) is 8.72. The van der Waals surface area contributed by atoms with E-state index in [-0.39, 0.29) is 39.8 Å². The van der Waals surface area contributed by atoms with Gasteiger partial charge in [0.25, 0.3) is 15.9 Å². The number of pyridine rings is 1. The zero-order chi connectivity index (χ0) is 32.5. The van der Waals surface area contributed by atoms with Gasteiger partial charge in [0.1, 0.15) is 0 Å².